The van der Waals surface area contributed by atoms with Crippen LogP contribution in [0.5, 0.6) is 0 Å². The molecule has 6 heteroatoms. The molecule has 1 aliphatic heterocycles. The molecule has 0 spiro atoms. The maximum atomic E-state index is 6.54. The van der Waals surface area contributed by atoms with Gasteiger partial charge in [0.1, 0.15) is 5.84 Å². The number of hydrogen-bond acceptors (Lipinski definition) is 3. The molecule has 0 bridgehead atoms. The number of amidine groups is 1. The number of halogens is 2. The van der Waals surface area contributed by atoms with E-state index < -0.39 is 0 Å². The van der Waals surface area contributed by atoms with E-state index in [1.54, 1.807) is 18.2 Å². The van der Waals surface area contributed by atoms with Crippen LogP contribution in [0, 0.1) is 5.92 Å². The van der Waals surface area contributed by atoms with Crippen LogP contribution in [0.25, 0.3) is 6.08 Å². The fourth-order valence-electron chi connectivity index (χ4n) is 3.48. The molecule has 1 aliphatic rings. The summed E-state index contributed by atoms with van der Waals surface area (Å²) in [6.45, 7) is 10.0. The summed E-state index contributed by atoms with van der Waals surface area (Å²) in [5.74, 6) is 1.17. The molecular weight excluding hydrogens is 415 g/mol. The van der Waals surface area contributed by atoms with Gasteiger partial charge in [0, 0.05) is 48.5 Å². The molecule has 1 heterocycles. The Labute approximate surface area is 190 Å². The molecule has 0 amide bonds. The van der Waals surface area contributed by atoms with Crippen molar-refractivity contribution in [3.8, 4) is 0 Å². The van der Waals surface area contributed by atoms with Crippen LogP contribution in [0.15, 0.2) is 53.5 Å². The summed E-state index contributed by atoms with van der Waals surface area (Å²) < 4.78 is 0. The third kappa shape index (κ3) is 6.49. The first-order chi connectivity index (χ1) is 14.4. The van der Waals surface area contributed by atoms with Crippen molar-refractivity contribution in [3.63, 3.8) is 0 Å². The topological polar surface area (TPSA) is 44.9 Å². The third-order valence-electron chi connectivity index (χ3n) is 5.51. The van der Waals surface area contributed by atoms with Gasteiger partial charge in [-0.25, -0.2) is 4.99 Å². The lowest BCUT2D eigenvalue weighted by Crippen LogP contribution is -2.47. The Kier molecular flexibility index (Phi) is 8.20. The number of rotatable bonds is 7. The fraction of sp³-hybridized carbons (Fsp3) is 0.375. The number of anilines is 1. The Hall–Kier alpha value is -2.01. The quantitative estimate of drug-likeness (QED) is 0.429. The Morgan fingerprint density at radius 3 is 2.43 bits per heavy atom. The standard InChI is InChI=1S/C24H30Cl2N4/c1-3-18(2)17-29-12-14-30(15-13-29)22-10-4-19(23(26)16-22)5-11-24(27)28-21-8-6-20(25)7-9-21/h4-11,16,18H,3,12-15,17H2,1-2H3,(H2,27,28). The number of benzene rings is 2. The van der Waals surface area contributed by atoms with Gasteiger partial charge in [-0.05, 0) is 60.0 Å². The molecule has 1 saturated heterocycles. The zero-order chi connectivity index (χ0) is 21.5. The van der Waals surface area contributed by atoms with Crippen molar-refractivity contribution >= 4 is 46.5 Å². The molecule has 1 unspecified atom stereocenters. The smallest absolute Gasteiger partial charge is 0.124 e. The predicted molar refractivity (Wildman–Crippen MR) is 131 cm³/mol. The van der Waals surface area contributed by atoms with Crippen LogP contribution in [-0.2, 0) is 0 Å². The molecule has 0 aliphatic carbocycles. The first-order valence-corrected chi connectivity index (χ1v) is 11.2. The lowest BCUT2D eigenvalue weighted by Gasteiger charge is -2.37. The Morgan fingerprint density at radius 2 is 1.80 bits per heavy atom. The summed E-state index contributed by atoms with van der Waals surface area (Å²) in [6.07, 6.45) is 4.90. The minimum Gasteiger partial charge on any atom is -0.384 e. The number of hydrogen-bond donors (Lipinski definition) is 1. The monoisotopic (exact) mass is 444 g/mol. The van der Waals surface area contributed by atoms with E-state index in [-0.39, 0.29) is 0 Å². The first-order valence-electron chi connectivity index (χ1n) is 10.5. The Morgan fingerprint density at radius 1 is 1.10 bits per heavy atom. The van der Waals surface area contributed by atoms with E-state index in [1.807, 2.05) is 30.3 Å². The van der Waals surface area contributed by atoms with E-state index in [1.165, 1.54) is 18.7 Å². The molecule has 2 aromatic carbocycles. The molecule has 0 radical (unpaired) electrons. The Balaban J connectivity index is 1.60. The van der Waals surface area contributed by atoms with Crippen molar-refractivity contribution in [2.24, 2.45) is 16.6 Å². The number of piperazine rings is 1. The highest BCUT2D eigenvalue weighted by Gasteiger charge is 2.18. The predicted octanol–water partition coefficient (Wildman–Crippen LogP) is 5.86. The molecular formula is C24H30Cl2N4. The van der Waals surface area contributed by atoms with Gasteiger partial charge >= 0.3 is 0 Å². The lowest BCUT2D eigenvalue weighted by molar-refractivity contribution is 0.222. The second-order valence-corrected chi connectivity index (χ2v) is 8.70. The van der Waals surface area contributed by atoms with Crippen molar-refractivity contribution < 1.29 is 0 Å². The molecule has 160 valence electrons. The van der Waals surface area contributed by atoms with Crippen molar-refractivity contribution in [1.82, 2.24) is 4.90 Å². The second kappa shape index (κ2) is 10.9. The number of aliphatic imine (C=N–C) groups is 1. The van der Waals surface area contributed by atoms with Gasteiger partial charge < -0.3 is 10.6 Å². The van der Waals surface area contributed by atoms with Gasteiger partial charge in [-0.3, -0.25) is 4.90 Å². The highest BCUT2D eigenvalue weighted by Crippen LogP contribution is 2.26. The van der Waals surface area contributed by atoms with Crippen LogP contribution in [-0.4, -0.2) is 43.5 Å². The van der Waals surface area contributed by atoms with Gasteiger partial charge in [0.05, 0.1) is 5.69 Å². The van der Waals surface area contributed by atoms with E-state index in [9.17, 15) is 0 Å². The lowest BCUT2D eigenvalue weighted by atomic mass is 10.1. The van der Waals surface area contributed by atoms with Crippen LogP contribution in [0.1, 0.15) is 25.8 Å². The van der Waals surface area contributed by atoms with Gasteiger partial charge in [0.2, 0.25) is 0 Å². The van der Waals surface area contributed by atoms with Gasteiger partial charge in [0.15, 0.2) is 0 Å². The zero-order valence-electron chi connectivity index (χ0n) is 17.7. The largest absolute Gasteiger partial charge is 0.384 e. The summed E-state index contributed by atoms with van der Waals surface area (Å²) in [7, 11) is 0. The van der Waals surface area contributed by atoms with Gasteiger partial charge in [0.25, 0.3) is 0 Å². The second-order valence-electron chi connectivity index (χ2n) is 7.85. The molecule has 0 aromatic heterocycles. The molecule has 1 atom stereocenters. The number of nitrogens with two attached hydrogens (primary N) is 1. The van der Waals surface area contributed by atoms with Crippen LogP contribution < -0.4 is 10.6 Å². The van der Waals surface area contributed by atoms with Crippen LogP contribution in [0.2, 0.25) is 10.0 Å². The van der Waals surface area contributed by atoms with Crippen LogP contribution in [0.3, 0.4) is 0 Å². The van der Waals surface area contributed by atoms with Crippen LogP contribution >= 0.6 is 23.2 Å². The van der Waals surface area contributed by atoms with E-state index in [0.29, 0.717) is 15.9 Å². The van der Waals surface area contributed by atoms with Crippen molar-refractivity contribution in [2.45, 2.75) is 20.3 Å². The summed E-state index contributed by atoms with van der Waals surface area (Å²) in [5, 5.41) is 1.39. The molecule has 3 rings (SSSR count). The molecule has 4 nitrogen and oxygen atoms in total. The van der Waals surface area contributed by atoms with E-state index >= 15 is 0 Å². The van der Waals surface area contributed by atoms with E-state index in [4.69, 9.17) is 28.9 Å². The maximum absolute atomic E-state index is 6.54. The molecule has 30 heavy (non-hydrogen) atoms. The van der Waals surface area contributed by atoms with Crippen molar-refractivity contribution in [3.05, 3.63) is 64.1 Å². The van der Waals surface area contributed by atoms with E-state index in [0.717, 1.165) is 43.3 Å². The summed E-state index contributed by atoms with van der Waals surface area (Å²) in [6, 6.07) is 13.4. The minimum atomic E-state index is 0.412. The molecule has 0 saturated carbocycles. The normalized spacial score (nSPS) is 16.9. The van der Waals surface area contributed by atoms with E-state index in [2.05, 4.69) is 34.7 Å². The van der Waals surface area contributed by atoms with Gasteiger partial charge in [-0.15, -0.1) is 0 Å². The molecule has 2 aromatic rings. The average molecular weight is 445 g/mol. The zero-order valence-corrected chi connectivity index (χ0v) is 19.2. The van der Waals surface area contributed by atoms with Crippen molar-refractivity contribution in [2.75, 3.05) is 37.6 Å². The number of nitrogens with zero attached hydrogens (tertiary/aromatic N) is 3. The van der Waals surface area contributed by atoms with Gasteiger partial charge in [-0.1, -0.05) is 49.5 Å². The highest BCUT2D eigenvalue weighted by atomic mass is 35.5. The summed E-state index contributed by atoms with van der Waals surface area (Å²) in [4.78, 5) is 9.33. The van der Waals surface area contributed by atoms with Gasteiger partial charge in [-0.2, -0.15) is 0 Å². The fourth-order valence-corrected chi connectivity index (χ4v) is 3.85. The average Bonchev–Trinajstić information content (AvgIpc) is 2.75. The molecule has 1 fully saturated rings. The maximum Gasteiger partial charge on any atom is 0.124 e. The molecule has 2 N–H and O–H groups in total. The van der Waals surface area contributed by atoms with Crippen molar-refractivity contribution in [1.29, 1.82) is 0 Å². The first kappa shape index (κ1) is 22.7. The van der Waals surface area contributed by atoms with Crippen LogP contribution in [0.4, 0.5) is 11.4 Å². The SMILES string of the molecule is CCC(C)CN1CCN(c2ccc(C=CC(N)=Nc3ccc(Cl)cc3)c(Cl)c2)CC1. The third-order valence-corrected chi connectivity index (χ3v) is 6.09. The summed E-state index contributed by atoms with van der Waals surface area (Å²) >= 11 is 12.4. The summed E-state index contributed by atoms with van der Waals surface area (Å²) in [5.41, 5.74) is 8.87. The highest BCUT2D eigenvalue weighted by molar-refractivity contribution is 6.32. The Bertz CT molecular complexity index is 885. The minimum absolute atomic E-state index is 0.412.